The molecule has 2 aromatic heterocycles. The molecule has 0 aliphatic rings. The lowest BCUT2D eigenvalue weighted by atomic mass is 10.3. The molecule has 0 amide bonds. The van der Waals surface area contributed by atoms with E-state index in [2.05, 4.69) is 10.4 Å². The quantitative estimate of drug-likeness (QED) is 0.722. The van der Waals surface area contributed by atoms with Gasteiger partial charge in [0, 0.05) is 5.02 Å². The number of aromatic nitrogens is 4. The molecule has 1 aromatic carbocycles. The van der Waals surface area contributed by atoms with Gasteiger partial charge in [-0.15, -0.1) is 11.3 Å². The second-order valence-corrected chi connectivity index (χ2v) is 5.52. The van der Waals surface area contributed by atoms with Crippen LogP contribution in [0.4, 0.5) is 0 Å². The Morgan fingerprint density at radius 2 is 2.14 bits per heavy atom. The lowest BCUT2D eigenvalue weighted by molar-refractivity contribution is 0.287. The smallest absolute Gasteiger partial charge is 0.369 e. The van der Waals surface area contributed by atoms with Crippen LogP contribution in [0.5, 0.6) is 5.75 Å². The van der Waals surface area contributed by atoms with Gasteiger partial charge in [-0.2, -0.15) is 9.36 Å². The van der Waals surface area contributed by atoms with Crippen LogP contribution >= 0.6 is 22.9 Å². The van der Waals surface area contributed by atoms with Gasteiger partial charge in [0.25, 0.3) is 0 Å². The molecule has 0 unspecified atom stereocenters. The van der Waals surface area contributed by atoms with Crippen LogP contribution in [-0.2, 0) is 6.54 Å². The Labute approximate surface area is 129 Å². The second-order valence-electron chi connectivity index (χ2n) is 4.15. The molecule has 0 N–H and O–H groups in total. The van der Waals surface area contributed by atoms with E-state index < -0.39 is 0 Å². The highest BCUT2D eigenvalue weighted by Gasteiger charge is 2.09. The summed E-state index contributed by atoms with van der Waals surface area (Å²) in [7, 11) is 0. The Balaban J connectivity index is 1.65. The minimum atomic E-state index is -0.285. The number of tetrazole rings is 1. The number of hydrogen-bond acceptors (Lipinski definition) is 5. The minimum Gasteiger partial charge on any atom is -0.492 e. The molecule has 108 valence electrons. The third kappa shape index (κ3) is 3.14. The molecule has 2 heterocycles. The maximum absolute atomic E-state index is 12.1. The first-order chi connectivity index (χ1) is 10.2. The van der Waals surface area contributed by atoms with Crippen molar-refractivity contribution in [3.63, 3.8) is 0 Å². The Morgan fingerprint density at radius 3 is 2.90 bits per heavy atom. The van der Waals surface area contributed by atoms with Gasteiger partial charge in [0.2, 0.25) is 0 Å². The van der Waals surface area contributed by atoms with Gasteiger partial charge in [-0.1, -0.05) is 17.7 Å². The maximum Gasteiger partial charge on any atom is 0.369 e. The summed E-state index contributed by atoms with van der Waals surface area (Å²) in [4.78, 5) is 12.1. The summed E-state index contributed by atoms with van der Waals surface area (Å²) < 4.78 is 8.06. The van der Waals surface area contributed by atoms with E-state index in [0.29, 0.717) is 23.9 Å². The van der Waals surface area contributed by atoms with Crippen molar-refractivity contribution in [1.82, 2.24) is 19.8 Å². The van der Waals surface area contributed by atoms with E-state index in [1.165, 1.54) is 20.7 Å². The zero-order valence-electron chi connectivity index (χ0n) is 10.8. The predicted octanol–water partition coefficient (Wildman–Crippen LogP) is 2.22. The molecule has 6 nitrogen and oxygen atoms in total. The molecule has 0 aliphatic heterocycles. The molecular formula is C13H11ClN4O2S. The van der Waals surface area contributed by atoms with Gasteiger partial charge < -0.3 is 4.74 Å². The van der Waals surface area contributed by atoms with Crippen molar-refractivity contribution in [2.24, 2.45) is 0 Å². The molecule has 3 rings (SSSR count). The first kappa shape index (κ1) is 13.8. The highest BCUT2D eigenvalue weighted by atomic mass is 35.5. The molecule has 0 fully saturated rings. The van der Waals surface area contributed by atoms with Gasteiger partial charge in [0.05, 0.1) is 6.54 Å². The highest BCUT2D eigenvalue weighted by molar-refractivity contribution is 7.12. The number of hydrogen-bond donors (Lipinski definition) is 0. The summed E-state index contributed by atoms with van der Waals surface area (Å²) in [5, 5.41) is 10.9. The molecular weight excluding hydrogens is 312 g/mol. The molecule has 3 aromatic rings. The Hall–Kier alpha value is -2.12. The number of rotatable bonds is 5. The average Bonchev–Trinajstić information content (AvgIpc) is 3.10. The summed E-state index contributed by atoms with van der Waals surface area (Å²) in [5.41, 5.74) is -0.285. The van der Waals surface area contributed by atoms with Crippen LogP contribution in [-0.4, -0.2) is 26.4 Å². The fourth-order valence-corrected chi connectivity index (χ4v) is 2.60. The lowest BCUT2D eigenvalue weighted by Gasteiger charge is -2.05. The molecule has 0 spiro atoms. The molecule has 8 heteroatoms. The molecule has 0 atom stereocenters. The summed E-state index contributed by atoms with van der Waals surface area (Å²) in [6.45, 7) is 0.625. The number of halogens is 1. The summed E-state index contributed by atoms with van der Waals surface area (Å²) in [6, 6.07) is 10.8. The zero-order valence-corrected chi connectivity index (χ0v) is 12.4. The van der Waals surface area contributed by atoms with E-state index in [4.69, 9.17) is 16.3 Å². The summed E-state index contributed by atoms with van der Waals surface area (Å²) in [6.07, 6.45) is 0. The van der Waals surface area contributed by atoms with Crippen molar-refractivity contribution >= 4 is 22.9 Å². The fourth-order valence-electron chi connectivity index (χ4n) is 1.75. The molecule has 0 radical (unpaired) electrons. The van der Waals surface area contributed by atoms with Crippen molar-refractivity contribution in [1.29, 1.82) is 0 Å². The van der Waals surface area contributed by atoms with E-state index in [9.17, 15) is 4.79 Å². The van der Waals surface area contributed by atoms with Gasteiger partial charge in [0.15, 0.2) is 0 Å². The van der Waals surface area contributed by atoms with Crippen molar-refractivity contribution in [2.45, 2.75) is 6.54 Å². The van der Waals surface area contributed by atoms with E-state index in [1.54, 1.807) is 24.3 Å². The van der Waals surface area contributed by atoms with E-state index in [-0.39, 0.29) is 5.69 Å². The van der Waals surface area contributed by atoms with Crippen LogP contribution in [0, 0.1) is 0 Å². The van der Waals surface area contributed by atoms with Crippen LogP contribution in [0.25, 0.3) is 5.00 Å². The summed E-state index contributed by atoms with van der Waals surface area (Å²) >= 11 is 7.29. The van der Waals surface area contributed by atoms with Gasteiger partial charge >= 0.3 is 5.69 Å². The first-order valence-corrected chi connectivity index (χ1v) is 7.45. The predicted molar refractivity (Wildman–Crippen MR) is 80.4 cm³/mol. The van der Waals surface area contributed by atoms with Crippen molar-refractivity contribution in [3.05, 3.63) is 57.3 Å². The minimum absolute atomic E-state index is 0.285. The van der Waals surface area contributed by atoms with E-state index in [0.717, 1.165) is 5.00 Å². The van der Waals surface area contributed by atoms with Crippen molar-refractivity contribution in [2.75, 3.05) is 6.61 Å². The third-order valence-electron chi connectivity index (χ3n) is 2.72. The SMILES string of the molecule is O=c1n(CCOc2cccc(Cl)c2)nnn1-c1cccs1. The van der Waals surface area contributed by atoms with Gasteiger partial charge in [0.1, 0.15) is 17.4 Å². The molecule has 0 bridgehead atoms. The van der Waals surface area contributed by atoms with Crippen LogP contribution in [0.1, 0.15) is 0 Å². The van der Waals surface area contributed by atoms with Crippen LogP contribution in [0.2, 0.25) is 5.02 Å². The maximum atomic E-state index is 12.1. The van der Waals surface area contributed by atoms with Crippen LogP contribution in [0.3, 0.4) is 0 Å². The van der Waals surface area contributed by atoms with E-state index >= 15 is 0 Å². The second kappa shape index (κ2) is 6.11. The number of ether oxygens (including phenoxy) is 1. The van der Waals surface area contributed by atoms with Crippen molar-refractivity contribution < 1.29 is 4.74 Å². The standard InChI is InChI=1S/C13H11ClN4O2S/c14-10-3-1-4-11(9-10)20-7-6-17-13(19)18(16-15-17)12-5-2-8-21-12/h1-5,8-9H,6-7H2. The first-order valence-electron chi connectivity index (χ1n) is 6.19. The third-order valence-corrected chi connectivity index (χ3v) is 3.80. The fraction of sp³-hybridized carbons (Fsp3) is 0.154. The Kier molecular flexibility index (Phi) is 4.03. The summed E-state index contributed by atoms with van der Waals surface area (Å²) in [5.74, 6) is 0.654. The lowest BCUT2D eigenvalue weighted by Crippen LogP contribution is -2.26. The number of nitrogens with zero attached hydrogens (tertiary/aromatic N) is 4. The number of benzene rings is 1. The van der Waals surface area contributed by atoms with Crippen LogP contribution < -0.4 is 10.4 Å². The molecule has 0 saturated carbocycles. The number of thiophene rings is 1. The van der Waals surface area contributed by atoms with E-state index in [1.807, 2.05) is 17.5 Å². The normalized spacial score (nSPS) is 10.7. The average molecular weight is 323 g/mol. The van der Waals surface area contributed by atoms with Gasteiger partial charge in [-0.05, 0) is 46.1 Å². The zero-order chi connectivity index (χ0) is 14.7. The monoisotopic (exact) mass is 322 g/mol. The highest BCUT2D eigenvalue weighted by Crippen LogP contribution is 2.16. The van der Waals surface area contributed by atoms with Crippen molar-refractivity contribution in [3.8, 4) is 10.8 Å². The van der Waals surface area contributed by atoms with Gasteiger partial charge in [-0.25, -0.2) is 4.79 Å². The molecule has 21 heavy (non-hydrogen) atoms. The molecule has 0 aliphatic carbocycles. The molecule has 0 saturated heterocycles. The van der Waals surface area contributed by atoms with Crippen LogP contribution in [0.15, 0.2) is 46.6 Å². The largest absolute Gasteiger partial charge is 0.492 e. The Morgan fingerprint density at radius 1 is 1.24 bits per heavy atom. The topological polar surface area (TPSA) is 61.9 Å². The Bertz CT molecular complexity index is 782. The van der Waals surface area contributed by atoms with Gasteiger partial charge in [-0.3, -0.25) is 0 Å².